The van der Waals surface area contributed by atoms with Crippen molar-refractivity contribution in [2.75, 3.05) is 6.61 Å². The zero-order chi connectivity index (χ0) is 6.81. The third kappa shape index (κ3) is 3.70. The number of rotatable bonds is 0. The van der Waals surface area contributed by atoms with Gasteiger partial charge in [0.15, 0.2) is 0 Å². The van der Waals surface area contributed by atoms with Crippen molar-refractivity contribution in [3.05, 3.63) is 35.9 Å². The maximum Gasteiger partial charge on any atom is 0.126 e. The molecule has 4 heteroatoms. The first-order chi connectivity index (χ1) is 4.97. The Bertz CT molecular complexity index is 278. The van der Waals surface area contributed by atoms with Crippen molar-refractivity contribution in [1.82, 2.24) is 0 Å². The molecule has 1 nitrogen and oxygen atoms in total. The second-order valence-electron chi connectivity index (χ2n) is 2.25. The van der Waals surface area contributed by atoms with Crippen molar-refractivity contribution < 1.29 is 38.3 Å². The van der Waals surface area contributed by atoms with Crippen LogP contribution in [0.2, 0.25) is 0 Å². The Morgan fingerprint density at radius 3 is 2.54 bits per heavy atom. The molecule has 0 unspecified atom stereocenters. The minimum atomic E-state index is 0. The van der Waals surface area contributed by atoms with Crippen LogP contribution in [0.4, 0.5) is 0 Å². The van der Waals surface area contributed by atoms with Crippen LogP contribution in [0, 0.1) is 0 Å². The molecule has 2 rings (SSSR count). The van der Waals surface area contributed by atoms with Crippen LogP contribution < -0.4 is 4.74 Å². The van der Waals surface area contributed by atoms with Crippen molar-refractivity contribution in [2.24, 2.45) is 0 Å². The van der Waals surface area contributed by atoms with E-state index in [1.807, 2.05) is 30.3 Å². The van der Waals surface area contributed by atoms with Gasteiger partial charge in [0.05, 0.1) is 0 Å². The predicted octanol–water partition coefficient (Wildman–Crippen LogP) is 1.71. The van der Waals surface area contributed by atoms with Gasteiger partial charge in [-0.25, -0.2) is 0 Å². The Balaban J connectivity index is 0. The van der Waals surface area contributed by atoms with Crippen molar-refractivity contribution in [3.63, 3.8) is 0 Å². The van der Waals surface area contributed by atoms with Crippen LogP contribution in [0.15, 0.2) is 30.3 Å². The normalized spacial score (nSPS) is 10.8. The number of hydrogen-bond donors (Lipinski definition) is 0. The van der Waals surface area contributed by atoms with Gasteiger partial charge in [-0.3, -0.25) is 0 Å². The van der Waals surface area contributed by atoms with Crippen molar-refractivity contribution >= 4 is 17.0 Å². The van der Waals surface area contributed by atoms with E-state index in [4.69, 9.17) is 4.74 Å². The largest absolute Gasteiger partial charge is 0.489 e. The number of fused-ring (bicyclic) bond motifs is 1. The topological polar surface area (TPSA) is 9.23 Å². The predicted molar refractivity (Wildman–Crippen MR) is 46.7 cm³/mol. The molecule has 0 N–H and O–H groups in total. The van der Waals surface area contributed by atoms with Gasteiger partial charge in [0.1, 0.15) is 12.4 Å². The van der Waals surface area contributed by atoms with Gasteiger partial charge in [-0.15, -0.1) is 0 Å². The summed E-state index contributed by atoms with van der Waals surface area (Å²) in [7, 11) is 0. The summed E-state index contributed by atoms with van der Waals surface area (Å²) in [6.45, 7) is 0.705. The zero-order valence-electron chi connectivity index (χ0n) is 6.77. The first-order valence-corrected chi connectivity index (χ1v) is 3.35. The summed E-state index contributed by atoms with van der Waals surface area (Å²) in [6, 6.07) is 8.03. The molecule has 13 heavy (non-hydrogen) atoms. The van der Waals surface area contributed by atoms with Crippen LogP contribution in [0.5, 0.6) is 5.75 Å². The molecule has 0 atom stereocenters. The second kappa shape index (κ2) is 7.40. The third-order valence-electron chi connectivity index (χ3n) is 1.55. The number of para-hydroxylation sites is 1. The van der Waals surface area contributed by atoms with E-state index in [0.29, 0.717) is 6.61 Å². The van der Waals surface area contributed by atoms with Gasteiger partial charge in [0.2, 0.25) is 0 Å². The van der Waals surface area contributed by atoms with E-state index in [1.165, 1.54) is 5.56 Å². The summed E-state index contributed by atoms with van der Waals surface area (Å²) < 4.78 is 5.34. The molecule has 0 spiro atoms. The molecule has 0 saturated heterocycles. The SMILES string of the molecule is C1=Cc2ccccc2OC1.[Mn].[Ni].[Si]. The van der Waals surface area contributed by atoms with E-state index in [9.17, 15) is 0 Å². The molecule has 71 valence electrons. The standard InChI is InChI=1S/C9H8O.Mn.Ni.Si/c1-2-6-9-8(4-1)5-3-7-10-9;;;/h1-6H,7H2;;;. The van der Waals surface area contributed by atoms with Gasteiger partial charge in [-0.05, 0) is 12.1 Å². The number of ether oxygens (including phenoxy) is 1. The third-order valence-corrected chi connectivity index (χ3v) is 1.55. The molecular weight excluding hydrogens is 266 g/mol. The fourth-order valence-electron chi connectivity index (χ4n) is 1.06. The Labute approximate surface area is 103 Å². The Morgan fingerprint density at radius 2 is 1.85 bits per heavy atom. The van der Waals surface area contributed by atoms with Gasteiger partial charge in [0.25, 0.3) is 0 Å². The zero-order valence-corrected chi connectivity index (χ0v) is 9.94. The van der Waals surface area contributed by atoms with Crippen LogP contribution in [0.3, 0.4) is 0 Å². The first kappa shape index (κ1) is 15.5. The van der Waals surface area contributed by atoms with Gasteiger partial charge in [-0.2, -0.15) is 0 Å². The summed E-state index contributed by atoms with van der Waals surface area (Å²) in [6.07, 6.45) is 4.10. The Hall–Kier alpha value is -0.0101. The van der Waals surface area contributed by atoms with Crippen molar-refractivity contribution in [2.45, 2.75) is 0 Å². The van der Waals surface area contributed by atoms with E-state index in [-0.39, 0.29) is 44.5 Å². The molecular formula is C9H8MnNiOSi. The van der Waals surface area contributed by atoms with Crippen LogP contribution in [-0.4, -0.2) is 17.6 Å². The monoisotopic (exact) mass is 273 g/mol. The van der Waals surface area contributed by atoms with Crippen LogP contribution in [0.1, 0.15) is 5.56 Å². The average molecular weight is 274 g/mol. The molecule has 1 aliphatic rings. The number of benzene rings is 1. The van der Waals surface area contributed by atoms with E-state index < -0.39 is 0 Å². The quantitative estimate of drug-likeness (QED) is 0.654. The van der Waals surface area contributed by atoms with Crippen LogP contribution >= 0.6 is 0 Å². The van der Waals surface area contributed by atoms with Gasteiger partial charge < -0.3 is 4.74 Å². The molecule has 1 heterocycles. The van der Waals surface area contributed by atoms with Gasteiger partial charge in [-0.1, -0.05) is 24.3 Å². The minimum Gasteiger partial charge on any atom is -0.489 e. The van der Waals surface area contributed by atoms with E-state index in [0.717, 1.165) is 5.75 Å². The van der Waals surface area contributed by atoms with Crippen molar-refractivity contribution in [3.8, 4) is 5.75 Å². The summed E-state index contributed by atoms with van der Waals surface area (Å²) in [5.74, 6) is 0.991. The first-order valence-electron chi connectivity index (χ1n) is 3.35. The summed E-state index contributed by atoms with van der Waals surface area (Å²) in [5, 5.41) is 0. The maximum atomic E-state index is 5.34. The minimum absolute atomic E-state index is 0. The smallest absolute Gasteiger partial charge is 0.126 e. The van der Waals surface area contributed by atoms with E-state index in [2.05, 4.69) is 6.08 Å². The average Bonchev–Trinajstić information content (AvgIpc) is 2.05. The van der Waals surface area contributed by atoms with E-state index >= 15 is 0 Å². The second-order valence-corrected chi connectivity index (χ2v) is 2.25. The molecule has 1 aromatic carbocycles. The number of hydrogen-bond acceptors (Lipinski definition) is 1. The fourth-order valence-corrected chi connectivity index (χ4v) is 1.06. The van der Waals surface area contributed by atoms with Gasteiger partial charge >= 0.3 is 0 Å². The summed E-state index contributed by atoms with van der Waals surface area (Å²) >= 11 is 0. The van der Waals surface area contributed by atoms with Crippen LogP contribution in [0.25, 0.3) is 6.08 Å². The summed E-state index contributed by atoms with van der Waals surface area (Å²) in [4.78, 5) is 0. The molecule has 0 amide bonds. The maximum absolute atomic E-state index is 5.34. The van der Waals surface area contributed by atoms with Crippen LogP contribution in [-0.2, 0) is 33.6 Å². The van der Waals surface area contributed by atoms with E-state index in [1.54, 1.807) is 0 Å². The summed E-state index contributed by atoms with van der Waals surface area (Å²) in [5.41, 5.74) is 1.17. The molecule has 0 aromatic heterocycles. The van der Waals surface area contributed by atoms with Gasteiger partial charge in [0, 0.05) is 50.1 Å². The molecule has 1 aromatic rings. The molecule has 1 aliphatic heterocycles. The molecule has 0 saturated carbocycles. The Morgan fingerprint density at radius 1 is 1.15 bits per heavy atom. The Kier molecular flexibility index (Phi) is 8.80. The van der Waals surface area contributed by atoms with Crippen molar-refractivity contribution in [1.29, 1.82) is 0 Å². The molecule has 0 bridgehead atoms. The fraction of sp³-hybridized carbons (Fsp3) is 0.111. The molecule has 5 radical (unpaired) electrons. The molecule has 0 fully saturated rings. The molecule has 0 aliphatic carbocycles.